The molecule has 0 saturated heterocycles. The Morgan fingerprint density at radius 2 is 1.90 bits per heavy atom. The minimum Gasteiger partial charge on any atom is -0.481 e. The standard InChI is InChI=1S/C15H19ClN2O3/c1-15(2)11(12(15)14(20)21)13(19)17-8-5-6-10(18(3)4)9(16)7-8/h5-7,11-12H,1-4H3,(H,17,19)(H,20,21)/t11-,12+/m1/s1. The van der Waals surface area contributed by atoms with E-state index in [4.69, 9.17) is 16.7 Å². The summed E-state index contributed by atoms with van der Waals surface area (Å²) in [7, 11) is 3.76. The molecule has 1 aliphatic carbocycles. The number of anilines is 2. The van der Waals surface area contributed by atoms with E-state index in [0.29, 0.717) is 10.7 Å². The van der Waals surface area contributed by atoms with Crippen LogP contribution in [-0.4, -0.2) is 31.1 Å². The lowest BCUT2D eigenvalue weighted by molar-refractivity contribution is -0.140. The van der Waals surface area contributed by atoms with Gasteiger partial charge in [0, 0.05) is 19.8 Å². The summed E-state index contributed by atoms with van der Waals surface area (Å²) in [6.07, 6.45) is 0. The molecule has 1 aliphatic rings. The van der Waals surface area contributed by atoms with Gasteiger partial charge in [-0.1, -0.05) is 25.4 Å². The van der Waals surface area contributed by atoms with Gasteiger partial charge in [-0.3, -0.25) is 9.59 Å². The summed E-state index contributed by atoms with van der Waals surface area (Å²) in [6, 6.07) is 5.23. The molecule has 0 unspecified atom stereocenters. The monoisotopic (exact) mass is 310 g/mol. The molecule has 0 aromatic heterocycles. The number of carbonyl (C=O) groups is 2. The lowest BCUT2D eigenvalue weighted by Gasteiger charge is -2.15. The Kier molecular flexibility index (Phi) is 3.89. The third-order valence-electron chi connectivity index (χ3n) is 4.07. The second kappa shape index (κ2) is 5.22. The number of halogens is 1. The first-order valence-electron chi connectivity index (χ1n) is 6.66. The first-order chi connectivity index (χ1) is 9.66. The number of rotatable bonds is 4. The van der Waals surface area contributed by atoms with Crippen molar-refractivity contribution >= 4 is 34.9 Å². The fraction of sp³-hybridized carbons (Fsp3) is 0.467. The molecule has 0 aliphatic heterocycles. The molecule has 0 bridgehead atoms. The summed E-state index contributed by atoms with van der Waals surface area (Å²) >= 11 is 6.15. The first-order valence-corrected chi connectivity index (χ1v) is 7.04. The molecule has 1 fully saturated rings. The largest absolute Gasteiger partial charge is 0.481 e. The average molecular weight is 311 g/mol. The number of benzene rings is 1. The molecule has 1 aromatic rings. The maximum Gasteiger partial charge on any atom is 0.307 e. The number of carboxylic acid groups (broad SMARTS) is 1. The molecule has 5 nitrogen and oxygen atoms in total. The third kappa shape index (κ3) is 2.83. The van der Waals surface area contributed by atoms with E-state index in [1.807, 2.05) is 25.1 Å². The van der Waals surface area contributed by atoms with E-state index in [1.165, 1.54) is 0 Å². The number of nitrogens with zero attached hydrogens (tertiary/aromatic N) is 1. The fourth-order valence-corrected chi connectivity index (χ4v) is 3.10. The van der Waals surface area contributed by atoms with Gasteiger partial charge in [0.1, 0.15) is 0 Å². The van der Waals surface area contributed by atoms with Gasteiger partial charge in [0.2, 0.25) is 5.91 Å². The maximum atomic E-state index is 12.2. The van der Waals surface area contributed by atoms with Crippen molar-refractivity contribution in [1.29, 1.82) is 0 Å². The second-order valence-corrected chi connectivity index (χ2v) is 6.57. The molecule has 1 amide bonds. The lowest BCUT2D eigenvalue weighted by atomic mass is 10.1. The predicted molar refractivity (Wildman–Crippen MR) is 82.8 cm³/mol. The van der Waals surface area contributed by atoms with Crippen molar-refractivity contribution in [3.8, 4) is 0 Å². The summed E-state index contributed by atoms with van der Waals surface area (Å²) < 4.78 is 0. The summed E-state index contributed by atoms with van der Waals surface area (Å²) in [4.78, 5) is 25.2. The van der Waals surface area contributed by atoms with E-state index in [9.17, 15) is 9.59 Å². The number of aliphatic carboxylic acids is 1. The van der Waals surface area contributed by atoms with Crippen molar-refractivity contribution < 1.29 is 14.7 Å². The van der Waals surface area contributed by atoms with Crippen molar-refractivity contribution in [3.63, 3.8) is 0 Å². The lowest BCUT2D eigenvalue weighted by Crippen LogP contribution is -2.18. The van der Waals surface area contributed by atoms with Gasteiger partial charge >= 0.3 is 5.97 Å². The number of carboxylic acids is 1. The highest BCUT2D eigenvalue weighted by atomic mass is 35.5. The van der Waals surface area contributed by atoms with Crippen LogP contribution < -0.4 is 10.2 Å². The van der Waals surface area contributed by atoms with E-state index < -0.39 is 23.2 Å². The Balaban J connectivity index is 2.11. The Bertz CT molecular complexity index is 599. The quantitative estimate of drug-likeness (QED) is 0.897. The normalized spacial score (nSPS) is 22.5. The Morgan fingerprint density at radius 3 is 2.33 bits per heavy atom. The highest BCUT2D eigenvalue weighted by Crippen LogP contribution is 2.58. The van der Waals surface area contributed by atoms with Gasteiger partial charge in [0.15, 0.2) is 0 Å². The highest BCUT2D eigenvalue weighted by molar-refractivity contribution is 6.33. The maximum absolute atomic E-state index is 12.2. The van der Waals surface area contributed by atoms with Crippen molar-refractivity contribution in [3.05, 3.63) is 23.2 Å². The Labute approximate surface area is 128 Å². The first kappa shape index (κ1) is 15.6. The predicted octanol–water partition coefficient (Wildman–Crippen LogP) is 2.70. The molecule has 2 rings (SSSR count). The zero-order valence-electron chi connectivity index (χ0n) is 12.5. The molecule has 6 heteroatoms. The van der Waals surface area contributed by atoms with Crippen LogP contribution in [0.2, 0.25) is 5.02 Å². The van der Waals surface area contributed by atoms with Gasteiger partial charge in [-0.05, 0) is 23.6 Å². The molecular formula is C15H19ClN2O3. The molecular weight excluding hydrogens is 292 g/mol. The SMILES string of the molecule is CN(C)c1ccc(NC(=O)[C@H]2[C@@H](C(=O)O)C2(C)C)cc1Cl. The van der Waals surface area contributed by atoms with E-state index in [-0.39, 0.29) is 5.91 Å². The number of hydrogen-bond donors (Lipinski definition) is 2. The van der Waals surface area contributed by atoms with Crippen LogP contribution in [0, 0.1) is 17.3 Å². The molecule has 0 radical (unpaired) electrons. The van der Waals surface area contributed by atoms with Crippen molar-refractivity contribution in [2.24, 2.45) is 17.3 Å². The highest BCUT2D eigenvalue weighted by Gasteiger charge is 2.65. The van der Waals surface area contributed by atoms with Crippen molar-refractivity contribution in [2.75, 3.05) is 24.3 Å². The van der Waals surface area contributed by atoms with Gasteiger partial charge in [0.05, 0.1) is 22.5 Å². The molecule has 1 saturated carbocycles. The molecule has 0 spiro atoms. The molecule has 2 N–H and O–H groups in total. The second-order valence-electron chi connectivity index (χ2n) is 6.16. The van der Waals surface area contributed by atoms with Gasteiger partial charge in [-0.2, -0.15) is 0 Å². The van der Waals surface area contributed by atoms with Crippen molar-refractivity contribution in [1.82, 2.24) is 0 Å². The smallest absolute Gasteiger partial charge is 0.307 e. The molecule has 2 atom stereocenters. The summed E-state index contributed by atoms with van der Waals surface area (Å²) in [6.45, 7) is 3.58. The number of carbonyl (C=O) groups excluding carboxylic acids is 1. The minimum atomic E-state index is -0.930. The van der Waals surface area contributed by atoms with E-state index >= 15 is 0 Å². The Morgan fingerprint density at radius 1 is 1.29 bits per heavy atom. The van der Waals surface area contributed by atoms with Crippen LogP contribution in [0.4, 0.5) is 11.4 Å². The van der Waals surface area contributed by atoms with Crippen LogP contribution in [0.1, 0.15) is 13.8 Å². The molecule has 1 aromatic carbocycles. The minimum absolute atomic E-state index is 0.277. The van der Waals surface area contributed by atoms with E-state index in [2.05, 4.69) is 5.32 Å². The molecule has 114 valence electrons. The third-order valence-corrected chi connectivity index (χ3v) is 4.38. The van der Waals surface area contributed by atoms with Crippen LogP contribution in [0.15, 0.2) is 18.2 Å². The summed E-state index contributed by atoms with van der Waals surface area (Å²) in [5.74, 6) is -2.35. The fourth-order valence-electron chi connectivity index (χ4n) is 2.76. The van der Waals surface area contributed by atoms with Crippen molar-refractivity contribution in [2.45, 2.75) is 13.8 Å². The van der Waals surface area contributed by atoms with Gasteiger partial charge in [-0.15, -0.1) is 0 Å². The zero-order chi connectivity index (χ0) is 15.9. The van der Waals surface area contributed by atoms with Gasteiger partial charge in [-0.25, -0.2) is 0 Å². The number of nitrogens with one attached hydrogen (secondary N) is 1. The van der Waals surface area contributed by atoms with Crippen LogP contribution in [0.3, 0.4) is 0 Å². The van der Waals surface area contributed by atoms with Gasteiger partial charge in [0.25, 0.3) is 0 Å². The van der Waals surface area contributed by atoms with Crippen LogP contribution in [0.25, 0.3) is 0 Å². The van der Waals surface area contributed by atoms with Crippen LogP contribution in [-0.2, 0) is 9.59 Å². The average Bonchev–Trinajstić information content (AvgIpc) is 2.92. The molecule has 21 heavy (non-hydrogen) atoms. The summed E-state index contributed by atoms with van der Waals surface area (Å²) in [5, 5.41) is 12.4. The number of amides is 1. The molecule has 0 heterocycles. The van der Waals surface area contributed by atoms with Gasteiger partial charge < -0.3 is 15.3 Å². The van der Waals surface area contributed by atoms with Crippen LogP contribution >= 0.6 is 11.6 Å². The van der Waals surface area contributed by atoms with E-state index in [0.717, 1.165) is 5.69 Å². The summed E-state index contributed by atoms with van der Waals surface area (Å²) in [5.41, 5.74) is 0.913. The topological polar surface area (TPSA) is 69.6 Å². The van der Waals surface area contributed by atoms with Crippen LogP contribution in [0.5, 0.6) is 0 Å². The number of hydrogen-bond acceptors (Lipinski definition) is 3. The zero-order valence-corrected chi connectivity index (χ0v) is 13.2. The van der Waals surface area contributed by atoms with E-state index in [1.54, 1.807) is 26.0 Å². The Hall–Kier alpha value is -1.75.